The molecular formula is C23H24N2O4S. The Morgan fingerprint density at radius 3 is 2.53 bits per heavy atom. The lowest BCUT2D eigenvalue weighted by atomic mass is 10.0. The van der Waals surface area contributed by atoms with Crippen LogP contribution in [0.3, 0.4) is 0 Å². The maximum atomic E-state index is 12.5. The molecule has 0 radical (unpaired) electrons. The van der Waals surface area contributed by atoms with Crippen LogP contribution in [-0.2, 0) is 40.6 Å². The summed E-state index contributed by atoms with van der Waals surface area (Å²) in [6.07, 6.45) is 7.09. The lowest BCUT2D eigenvalue weighted by molar-refractivity contribution is -0.120. The number of aryl methyl sites for hydroxylation is 2. The highest BCUT2D eigenvalue weighted by atomic mass is 32.2. The van der Waals surface area contributed by atoms with E-state index in [1.54, 1.807) is 30.5 Å². The number of sulfonamides is 1. The molecule has 1 saturated carbocycles. The smallest absolute Gasteiger partial charge is 0.240 e. The molecule has 3 aromatic rings. The van der Waals surface area contributed by atoms with E-state index < -0.39 is 10.0 Å². The third-order valence-electron chi connectivity index (χ3n) is 5.84. The van der Waals surface area contributed by atoms with Crippen molar-refractivity contribution in [3.05, 3.63) is 64.9 Å². The highest BCUT2D eigenvalue weighted by molar-refractivity contribution is 7.89. The van der Waals surface area contributed by atoms with E-state index in [0.717, 1.165) is 47.8 Å². The van der Waals surface area contributed by atoms with E-state index >= 15 is 0 Å². The van der Waals surface area contributed by atoms with Gasteiger partial charge in [0.05, 0.1) is 17.6 Å². The normalized spacial score (nSPS) is 16.0. The largest absolute Gasteiger partial charge is 0.464 e. The van der Waals surface area contributed by atoms with Gasteiger partial charge in [0.25, 0.3) is 0 Å². The number of rotatable bonds is 7. The lowest BCUT2D eigenvalue weighted by Gasteiger charge is -2.08. The maximum absolute atomic E-state index is 12.5. The molecule has 1 amide bonds. The van der Waals surface area contributed by atoms with Crippen molar-refractivity contribution in [2.75, 3.05) is 0 Å². The molecule has 2 N–H and O–H groups in total. The minimum atomic E-state index is -3.45. The molecule has 156 valence electrons. The molecule has 0 unspecified atom stereocenters. The first-order valence-corrected chi connectivity index (χ1v) is 11.9. The summed E-state index contributed by atoms with van der Waals surface area (Å²) in [4.78, 5) is 12.7. The Hall–Kier alpha value is -2.64. The van der Waals surface area contributed by atoms with Crippen molar-refractivity contribution in [2.24, 2.45) is 0 Å². The zero-order chi connectivity index (χ0) is 20.7. The number of benzene rings is 2. The summed E-state index contributed by atoms with van der Waals surface area (Å²) in [5.41, 5.74) is 5.30. The van der Waals surface area contributed by atoms with Crippen LogP contribution in [0.25, 0.3) is 11.0 Å². The van der Waals surface area contributed by atoms with Crippen LogP contribution in [-0.4, -0.2) is 20.4 Å². The average Bonchev–Trinajstić information content (AvgIpc) is 3.27. The second kappa shape index (κ2) is 7.56. The molecule has 0 spiro atoms. The molecule has 2 aromatic carbocycles. The average molecular weight is 425 g/mol. The van der Waals surface area contributed by atoms with Crippen molar-refractivity contribution < 1.29 is 17.6 Å². The quantitative estimate of drug-likeness (QED) is 0.610. The molecule has 1 aromatic heterocycles. The first kappa shape index (κ1) is 19.3. The zero-order valence-corrected chi connectivity index (χ0v) is 17.4. The second-order valence-corrected chi connectivity index (χ2v) is 9.94. The van der Waals surface area contributed by atoms with Gasteiger partial charge in [-0.2, -0.15) is 0 Å². The highest BCUT2D eigenvalue weighted by Gasteiger charge is 2.27. The Morgan fingerprint density at radius 2 is 1.80 bits per heavy atom. The number of hydrogen-bond donors (Lipinski definition) is 2. The number of carbonyl (C=O) groups is 1. The molecule has 5 rings (SSSR count). The number of amides is 1. The predicted octanol–water partition coefficient (Wildman–Crippen LogP) is 3.22. The summed E-state index contributed by atoms with van der Waals surface area (Å²) >= 11 is 0. The summed E-state index contributed by atoms with van der Waals surface area (Å²) in [6, 6.07) is 11.0. The maximum Gasteiger partial charge on any atom is 0.240 e. The van der Waals surface area contributed by atoms with Gasteiger partial charge in [-0.05, 0) is 73.1 Å². The Morgan fingerprint density at radius 1 is 1.07 bits per heavy atom. The Kier molecular flexibility index (Phi) is 4.87. The minimum absolute atomic E-state index is 0.0778. The van der Waals surface area contributed by atoms with Crippen LogP contribution >= 0.6 is 0 Å². The molecular weight excluding hydrogens is 400 g/mol. The van der Waals surface area contributed by atoms with E-state index in [2.05, 4.69) is 22.2 Å². The minimum Gasteiger partial charge on any atom is -0.464 e. The molecule has 0 saturated heterocycles. The van der Waals surface area contributed by atoms with Gasteiger partial charge in [-0.15, -0.1) is 0 Å². The highest BCUT2D eigenvalue weighted by Crippen LogP contribution is 2.30. The van der Waals surface area contributed by atoms with E-state index in [4.69, 9.17) is 4.42 Å². The van der Waals surface area contributed by atoms with Gasteiger partial charge < -0.3 is 9.73 Å². The number of nitrogens with one attached hydrogen (secondary N) is 2. The van der Waals surface area contributed by atoms with Gasteiger partial charge in [0.1, 0.15) is 5.58 Å². The molecule has 6 nitrogen and oxygen atoms in total. The third kappa shape index (κ3) is 4.00. The van der Waals surface area contributed by atoms with Crippen molar-refractivity contribution in [3.8, 4) is 0 Å². The van der Waals surface area contributed by atoms with Gasteiger partial charge in [0, 0.05) is 23.5 Å². The summed E-state index contributed by atoms with van der Waals surface area (Å²) < 4.78 is 32.8. The van der Waals surface area contributed by atoms with Crippen molar-refractivity contribution in [1.82, 2.24) is 10.0 Å². The van der Waals surface area contributed by atoms with Crippen molar-refractivity contribution in [3.63, 3.8) is 0 Å². The second-order valence-electron chi connectivity index (χ2n) is 8.22. The van der Waals surface area contributed by atoms with Gasteiger partial charge in [0.15, 0.2) is 0 Å². The summed E-state index contributed by atoms with van der Waals surface area (Å²) in [7, 11) is -3.45. The summed E-state index contributed by atoms with van der Waals surface area (Å²) in [5.74, 6) is -0.0923. The first-order chi connectivity index (χ1) is 14.5. The topological polar surface area (TPSA) is 88.4 Å². The van der Waals surface area contributed by atoms with Gasteiger partial charge in [-0.25, -0.2) is 13.1 Å². The molecule has 1 heterocycles. The Bertz CT molecular complexity index is 1210. The molecule has 2 aliphatic carbocycles. The van der Waals surface area contributed by atoms with Crippen molar-refractivity contribution in [1.29, 1.82) is 0 Å². The number of carbonyl (C=O) groups excluding carboxylic acids is 1. The third-order valence-corrected chi connectivity index (χ3v) is 7.38. The van der Waals surface area contributed by atoms with Gasteiger partial charge in [0.2, 0.25) is 15.9 Å². The number of furan rings is 1. The van der Waals surface area contributed by atoms with E-state index in [9.17, 15) is 13.2 Å². The van der Waals surface area contributed by atoms with E-state index in [1.165, 1.54) is 17.5 Å². The monoisotopic (exact) mass is 424 g/mol. The fraction of sp³-hybridized carbons (Fsp3) is 0.348. The Labute approximate surface area is 175 Å². The van der Waals surface area contributed by atoms with Gasteiger partial charge >= 0.3 is 0 Å². The predicted molar refractivity (Wildman–Crippen MR) is 114 cm³/mol. The van der Waals surface area contributed by atoms with Crippen LogP contribution in [0.15, 0.2) is 52.0 Å². The molecule has 1 fully saturated rings. The van der Waals surface area contributed by atoms with Gasteiger partial charge in [-0.3, -0.25) is 4.79 Å². The van der Waals surface area contributed by atoms with E-state index in [-0.39, 0.29) is 23.3 Å². The zero-order valence-electron chi connectivity index (χ0n) is 16.6. The molecule has 2 aliphatic rings. The van der Waals surface area contributed by atoms with Crippen molar-refractivity contribution >= 4 is 26.9 Å². The fourth-order valence-electron chi connectivity index (χ4n) is 4.00. The number of fused-ring (bicyclic) bond motifs is 2. The van der Waals surface area contributed by atoms with Crippen LogP contribution in [0.4, 0.5) is 0 Å². The summed E-state index contributed by atoms with van der Waals surface area (Å²) in [6.45, 7) is 0.348. The van der Waals surface area contributed by atoms with Crippen LogP contribution in [0.1, 0.15) is 41.5 Å². The molecule has 7 heteroatoms. The van der Waals surface area contributed by atoms with Crippen LogP contribution in [0, 0.1) is 0 Å². The van der Waals surface area contributed by atoms with Crippen LogP contribution in [0.5, 0.6) is 0 Å². The molecule has 0 aliphatic heterocycles. The Balaban J connectivity index is 1.21. The first-order valence-electron chi connectivity index (χ1n) is 10.4. The fourth-order valence-corrected chi connectivity index (χ4v) is 5.30. The van der Waals surface area contributed by atoms with Gasteiger partial charge in [-0.1, -0.05) is 12.1 Å². The van der Waals surface area contributed by atoms with Crippen LogP contribution < -0.4 is 10.0 Å². The molecule has 0 atom stereocenters. The number of hydrogen-bond acceptors (Lipinski definition) is 4. The van der Waals surface area contributed by atoms with Crippen LogP contribution in [0.2, 0.25) is 0 Å². The standard InChI is InChI=1S/C23H24N2O4S/c26-23(12-18-14-29-22-11-17-3-1-2-16(17)10-21(18)22)24-13-15-4-8-20(9-5-15)30(27,28)25-19-6-7-19/h4-5,8-11,14,19,25H,1-3,6-7,12-13H2,(H,24,26). The van der Waals surface area contributed by atoms with E-state index in [0.29, 0.717) is 6.54 Å². The molecule has 30 heavy (non-hydrogen) atoms. The molecule has 0 bridgehead atoms. The van der Waals surface area contributed by atoms with E-state index in [1.807, 2.05) is 0 Å². The summed E-state index contributed by atoms with van der Waals surface area (Å²) in [5, 5.41) is 3.93. The van der Waals surface area contributed by atoms with Crippen molar-refractivity contribution in [2.45, 2.75) is 56.0 Å². The SMILES string of the molecule is O=C(Cc1coc2cc3c(cc12)CCC3)NCc1ccc(S(=O)(=O)NC2CC2)cc1. The lowest BCUT2D eigenvalue weighted by Crippen LogP contribution is -2.26.